The van der Waals surface area contributed by atoms with Crippen LogP contribution in [0, 0.1) is 0 Å². The van der Waals surface area contributed by atoms with Gasteiger partial charge in [0.1, 0.15) is 5.75 Å². The van der Waals surface area contributed by atoms with E-state index < -0.39 is 6.61 Å². The summed E-state index contributed by atoms with van der Waals surface area (Å²) in [5, 5.41) is 2.91. The molecular weight excluding hydrogens is 318 g/mol. The Morgan fingerprint density at radius 2 is 2.12 bits per heavy atom. The number of nitrogens with one attached hydrogen (secondary N) is 1. The van der Waals surface area contributed by atoms with Gasteiger partial charge in [-0.1, -0.05) is 12.1 Å². The molecule has 1 aromatic carbocycles. The topological polar surface area (TPSA) is 50.8 Å². The van der Waals surface area contributed by atoms with E-state index in [1.807, 2.05) is 18.9 Å². The second kappa shape index (κ2) is 8.94. The lowest BCUT2D eigenvalue weighted by atomic mass is 10.1. The molecule has 1 aliphatic heterocycles. The van der Waals surface area contributed by atoms with Crippen molar-refractivity contribution >= 4 is 5.91 Å². The van der Waals surface area contributed by atoms with Crippen molar-refractivity contribution in [2.24, 2.45) is 0 Å². The molecule has 7 heteroatoms. The summed E-state index contributed by atoms with van der Waals surface area (Å²) in [4.78, 5) is 14.1. The highest BCUT2D eigenvalue weighted by Gasteiger charge is 2.21. The zero-order chi connectivity index (χ0) is 17.5. The Labute approximate surface area is 140 Å². The van der Waals surface area contributed by atoms with Crippen LogP contribution in [0.5, 0.6) is 5.75 Å². The predicted molar refractivity (Wildman–Crippen MR) is 86.0 cm³/mol. The van der Waals surface area contributed by atoms with Crippen molar-refractivity contribution in [3.8, 4) is 5.75 Å². The number of hydrogen-bond donors (Lipinski definition) is 1. The van der Waals surface area contributed by atoms with Gasteiger partial charge < -0.3 is 14.8 Å². The van der Waals surface area contributed by atoms with Crippen LogP contribution < -0.4 is 10.1 Å². The summed E-state index contributed by atoms with van der Waals surface area (Å²) in [7, 11) is 1.85. The van der Waals surface area contributed by atoms with Crippen molar-refractivity contribution in [1.29, 1.82) is 0 Å². The Balaban J connectivity index is 1.79. The van der Waals surface area contributed by atoms with Crippen molar-refractivity contribution in [2.45, 2.75) is 45.1 Å². The molecule has 24 heavy (non-hydrogen) atoms. The van der Waals surface area contributed by atoms with Gasteiger partial charge in [-0.2, -0.15) is 8.78 Å². The van der Waals surface area contributed by atoms with Crippen LogP contribution in [-0.2, 0) is 16.1 Å². The molecule has 1 heterocycles. The Hall–Kier alpha value is -1.73. The molecule has 0 radical (unpaired) electrons. The number of ether oxygens (including phenoxy) is 2. The molecule has 5 nitrogen and oxygen atoms in total. The van der Waals surface area contributed by atoms with E-state index in [2.05, 4.69) is 10.1 Å². The molecule has 0 saturated carbocycles. The van der Waals surface area contributed by atoms with Crippen molar-refractivity contribution < 1.29 is 23.0 Å². The molecular formula is C17H24F2N2O3. The van der Waals surface area contributed by atoms with E-state index in [4.69, 9.17) is 4.74 Å². The molecule has 1 aromatic rings. The van der Waals surface area contributed by atoms with E-state index >= 15 is 0 Å². The molecule has 0 bridgehead atoms. The van der Waals surface area contributed by atoms with E-state index in [0.717, 1.165) is 25.0 Å². The van der Waals surface area contributed by atoms with Crippen molar-refractivity contribution in [1.82, 2.24) is 10.2 Å². The molecule has 134 valence electrons. The molecule has 1 N–H and O–H groups in total. The molecule has 1 saturated heterocycles. The minimum atomic E-state index is -2.83. The number of amides is 1. The van der Waals surface area contributed by atoms with E-state index in [0.29, 0.717) is 13.1 Å². The number of nitrogens with zero attached hydrogens (tertiary/aromatic N) is 1. The average molecular weight is 342 g/mol. The van der Waals surface area contributed by atoms with Gasteiger partial charge in [0.15, 0.2) is 0 Å². The van der Waals surface area contributed by atoms with Gasteiger partial charge in [0, 0.05) is 19.7 Å². The fraction of sp³-hybridized carbons (Fsp3) is 0.588. The van der Waals surface area contributed by atoms with Gasteiger partial charge in [0.2, 0.25) is 5.91 Å². The summed E-state index contributed by atoms with van der Waals surface area (Å²) in [6.07, 6.45) is 2.15. The second-order valence-corrected chi connectivity index (χ2v) is 5.99. The van der Waals surface area contributed by atoms with E-state index in [-0.39, 0.29) is 23.8 Å². The maximum Gasteiger partial charge on any atom is 0.387 e. The zero-order valence-corrected chi connectivity index (χ0v) is 14.0. The molecule has 2 rings (SSSR count). The normalized spacial score (nSPS) is 18.8. The van der Waals surface area contributed by atoms with Gasteiger partial charge in [0.25, 0.3) is 0 Å². The quantitative estimate of drug-likeness (QED) is 0.788. The van der Waals surface area contributed by atoms with Gasteiger partial charge in [-0.3, -0.25) is 9.69 Å². The number of halogens is 2. The standard InChI is InChI=1S/C17H24F2N2O3/c1-12(16(22)20-10-15-4-3-9-23-15)21(2)11-13-5-7-14(8-6-13)24-17(18)19/h5-8,12,15,17H,3-4,9-11H2,1-2H3,(H,20,22). The van der Waals surface area contributed by atoms with Crippen LogP contribution in [0.2, 0.25) is 0 Å². The number of benzene rings is 1. The van der Waals surface area contributed by atoms with Gasteiger partial charge in [0.05, 0.1) is 12.1 Å². The van der Waals surface area contributed by atoms with Gasteiger partial charge in [-0.05, 0) is 44.5 Å². The second-order valence-electron chi connectivity index (χ2n) is 5.99. The largest absolute Gasteiger partial charge is 0.435 e. The minimum absolute atomic E-state index is 0.0503. The minimum Gasteiger partial charge on any atom is -0.435 e. The highest BCUT2D eigenvalue weighted by Crippen LogP contribution is 2.16. The number of alkyl halides is 2. The van der Waals surface area contributed by atoms with Gasteiger partial charge in [-0.25, -0.2) is 0 Å². The van der Waals surface area contributed by atoms with Gasteiger partial charge >= 0.3 is 6.61 Å². The number of rotatable bonds is 8. The van der Waals surface area contributed by atoms with E-state index in [9.17, 15) is 13.6 Å². The summed E-state index contributed by atoms with van der Waals surface area (Å²) in [6.45, 7) is 0.839. The Morgan fingerprint density at radius 3 is 2.71 bits per heavy atom. The molecule has 1 fully saturated rings. The smallest absolute Gasteiger partial charge is 0.387 e. The number of carbonyl (C=O) groups is 1. The van der Waals surface area contributed by atoms with E-state index in [1.54, 1.807) is 12.1 Å². The summed E-state index contributed by atoms with van der Waals surface area (Å²) in [6, 6.07) is 6.12. The third-order valence-corrected chi connectivity index (χ3v) is 4.15. The van der Waals surface area contributed by atoms with Crippen molar-refractivity contribution in [2.75, 3.05) is 20.2 Å². The van der Waals surface area contributed by atoms with Crippen LogP contribution >= 0.6 is 0 Å². The summed E-state index contributed by atoms with van der Waals surface area (Å²) in [5.41, 5.74) is 0.915. The van der Waals surface area contributed by atoms with Gasteiger partial charge in [-0.15, -0.1) is 0 Å². The summed E-state index contributed by atoms with van der Waals surface area (Å²) < 4.78 is 34.1. The highest BCUT2D eigenvalue weighted by atomic mass is 19.3. The first kappa shape index (κ1) is 18.6. The number of carbonyl (C=O) groups excluding carboxylic acids is 1. The lowest BCUT2D eigenvalue weighted by Crippen LogP contribution is -2.45. The zero-order valence-electron chi connectivity index (χ0n) is 14.0. The van der Waals surface area contributed by atoms with Crippen LogP contribution in [-0.4, -0.2) is 49.8 Å². The lowest BCUT2D eigenvalue weighted by molar-refractivity contribution is -0.126. The van der Waals surface area contributed by atoms with Crippen molar-refractivity contribution in [3.63, 3.8) is 0 Å². The Bertz CT molecular complexity index is 519. The third-order valence-electron chi connectivity index (χ3n) is 4.15. The average Bonchev–Trinajstić information content (AvgIpc) is 3.06. The van der Waals surface area contributed by atoms with Crippen LogP contribution in [0.4, 0.5) is 8.78 Å². The summed E-state index contributed by atoms with van der Waals surface area (Å²) >= 11 is 0. The van der Waals surface area contributed by atoms with Crippen LogP contribution in [0.25, 0.3) is 0 Å². The molecule has 2 atom stereocenters. The first-order chi connectivity index (χ1) is 11.5. The Kier molecular flexibility index (Phi) is 6.93. The summed E-state index contributed by atoms with van der Waals surface area (Å²) in [5.74, 6) is 0.0735. The third kappa shape index (κ3) is 5.72. The lowest BCUT2D eigenvalue weighted by Gasteiger charge is -2.24. The molecule has 0 aromatic heterocycles. The maximum atomic E-state index is 12.2. The highest BCUT2D eigenvalue weighted by molar-refractivity contribution is 5.81. The van der Waals surface area contributed by atoms with Crippen LogP contribution in [0.1, 0.15) is 25.3 Å². The van der Waals surface area contributed by atoms with Crippen molar-refractivity contribution in [3.05, 3.63) is 29.8 Å². The number of hydrogen-bond acceptors (Lipinski definition) is 4. The van der Waals surface area contributed by atoms with E-state index in [1.165, 1.54) is 12.1 Å². The Morgan fingerprint density at radius 1 is 1.42 bits per heavy atom. The molecule has 2 unspecified atom stereocenters. The molecule has 1 amide bonds. The van der Waals surface area contributed by atoms with Crippen LogP contribution in [0.3, 0.4) is 0 Å². The first-order valence-corrected chi connectivity index (χ1v) is 8.09. The first-order valence-electron chi connectivity index (χ1n) is 8.09. The SMILES string of the molecule is CC(C(=O)NCC1CCCO1)N(C)Cc1ccc(OC(F)F)cc1. The monoisotopic (exact) mass is 342 g/mol. The maximum absolute atomic E-state index is 12.2. The molecule has 0 spiro atoms. The van der Waals surface area contributed by atoms with Crippen LogP contribution in [0.15, 0.2) is 24.3 Å². The number of likely N-dealkylation sites (N-methyl/N-ethyl adjacent to an activating group) is 1. The molecule has 1 aliphatic rings. The fourth-order valence-electron chi connectivity index (χ4n) is 2.57. The molecule has 0 aliphatic carbocycles. The predicted octanol–water partition coefficient (Wildman–Crippen LogP) is 2.40. The fourth-order valence-corrected chi connectivity index (χ4v) is 2.57.